The predicted molar refractivity (Wildman–Crippen MR) is 65.0 cm³/mol. The molecule has 0 aromatic carbocycles. The van der Waals surface area contributed by atoms with E-state index < -0.39 is 24.7 Å². The highest BCUT2D eigenvalue weighted by Gasteiger charge is 2.52. The summed E-state index contributed by atoms with van der Waals surface area (Å²) < 4.78 is 37.1. The molecule has 94 valence electrons. The van der Waals surface area contributed by atoms with Gasteiger partial charge in [-0.25, -0.2) is 8.78 Å². The summed E-state index contributed by atoms with van der Waals surface area (Å²) in [4.78, 5) is 0. The molecule has 0 unspecified atom stereocenters. The summed E-state index contributed by atoms with van der Waals surface area (Å²) in [5, 5.41) is 3.12. The van der Waals surface area contributed by atoms with Crippen molar-refractivity contribution in [3.8, 4) is 0 Å². The molecule has 2 rings (SSSR count). The lowest BCUT2D eigenvalue weighted by Gasteiger charge is -2.32. The molecule has 0 spiro atoms. The minimum Gasteiger partial charge on any atom is -0.399 e. The van der Waals surface area contributed by atoms with Gasteiger partial charge in [-0.1, -0.05) is 0 Å². The first-order chi connectivity index (χ1) is 7.74. The maximum Gasteiger partial charge on any atom is 0.496 e. The van der Waals surface area contributed by atoms with Gasteiger partial charge in [-0.05, 0) is 38.5 Å². The standard InChI is InChI=1S/C11H15BF2O2S/c1-10(2)11(3,4)16-12(15-10)8-6-17-5-7(8)9(13)14/h5-6,9H,1-4H3. The van der Waals surface area contributed by atoms with Gasteiger partial charge >= 0.3 is 7.12 Å². The highest BCUT2D eigenvalue weighted by Crippen LogP contribution is 2.37. The molecule has 0 atom stereocenters. The maximum absolute atomic E-state index is 12.8. The van der Waals surface area contributed by atoms with Gasteiger partial charge in [0.25, 0.3) is 6.43 Å². The van der Waals surface area contributed by atoms with Crippen molar-refractivity contribution >= 4 is 23.9 Å². The average molecular weight is 260 g/mol. The molecule has 0 N–H and O–H groups in total. The third kappa shape index (κ3) is 2.14. The summed E-state index contributed by atoms with van der Waals surface area (Å²) in [6.07, 6.45) is -2.49. The van der Waals surface area contributed by atoms with E-state index in [-0.39, 0.29) is 5.56 Å². The Balaban J connectivity index is 2.29. The molecule has 0 amide bonds. The van der Waals surface area contributed by atoms with Crippen LogP contribution < -0.4 is 5.46 Å². The molecule has 0 bridgehead atoms. The average Bonchev–Trinajstić information content (AvgIpc) is 2.69. The Kier molecular flexibility index (Phi) is 3.08. The van der Waals surface area contributed by atoms with Crippen LogP contribution in [0.4, 0.5) is 8.78 Å². The summed E-state index contributed by atoms with van der Waals surface area (Å²) in [6, 6.07) is 0. The van der Waals surface area contributed by atoms with Gasteiger partial charge in [0, 0.05) is 11.0 Å². The summed E-state index contributed by atoms with van der Waals surface area (Å²) in [6.45, 7) is 7.62. The number of hydrogen-bond donors (Lipinski definition) is 0. The number of hydrogen-bond acceptors (Lipinski definition) is 3. The molecule has 2 nitrogen and oxygen atoms in total. The number of alkyl halides is 2. The summed E-state index contributed by atoms with van der Waals surface area (Å²) in [5.74, 6) is 0. The van der Waals surface area contributed by atoms with Crippen molar-refractivity contribution in [2.45, 2.75) is 45.3 Å². The largest absolute Gasteiger partial charge is 0.496 e. The van der Waals surface area contributed by atoms with Crippen LogP contribution in [0.15, 0.2) is 10.8 Å². The first-order valence-electron chi connectivity index (χ1n) is 5.44. The Morgan fingerprint density at radius 2 is 1.65 bits per heavy atom. The molecule has 6 heteroatoms. The van der Waals surface area contributed by atoms with Gasteiger partial charge in [0.2, 0.25) is 0 Å². The van der Waals surface area contributed by atoms with E-state index in [9.17, 15) is 8.78 Å². The molecule has 0 saturated carbocycles. The normalized spacial score (nSPS) is 22.4. The molecule has 1 aromatic rings. The predicted octanol–water partition coefficient (Wildman–Crippen LogP) is 2.98. The van der Waals surface area contributed by atoms with Gasteiger partial charge in [0.15, 0.2) is 0 Å². The third-order valence-electron chi connectivity index (χ3n) is 3.47. The fourth-order valence-electron chi connectivity index (χ4n) is 1.66. The monoisotopic (exact) mass is 260 g/mol. The van der Waals surface area contributed by atoms with E-state index in [1.807, 2.05) is 27.7 Å². The van der Waals surface area contributed by atoms with Crippen molar-refractivity contribution in [2.24, 2.45) is 0 Å². The quantitative estimate of drug-likeness (QED) is 0.761. The summed E-state index contributed by atoms with van der Waals surface area (Å²) in [5.41, 5.74) is -0.546. The van der Waals surface area contributed by atoms with Crippen LogP contribution in [0, 0.1) is 0 Å². The molecule has 0 aliphatic carbocycles. The van der Waals surface area contributed by atoms with Crippen LogP contribution >= 0.6 is 11.3 Å². The fraction of sp³-hybridized carbons (Fsp3) is 0.636. The lowest BCUT2D eigenvalue weighted by atomic mass is 9.78. The van der Waals surface area contributed by atoms with Gasteiger partial charge < -0.3 is 9.31 Å². The Hall–Kier alpha value is -0.455. The third-order valence-corrected chi connectivity index (χ3v) is 4.25. The zero-order valence-corrected chi connectivity index (χ0v) is 11.1. The molecule has 1 aromatic heterocycles. The van der Waals surface area contributed by atoms with Crippen LogP contribution in [0.25, 0.3) is 0 Å². The van der Waals surface area contributed by atoms with Crippen LogP contribution in [0.5, 0.6) is 0 Å². The fourth-order valence-corrected chi connectivity index (χ4v) is 2.50. The molecule has 0 radical (unpaired) electrons. The van der Waals surface area contributed by atoms with Gasteiger partial charge in [-0.2, -0.15) is 11.3 Å². The van der Waals surface area contributed by atoms with E-state index in [1.165, 1.54) is 16.7 Å². The Labute approximate surface area is 104 Å². The lowest BCUT2D eigenvalue weighted by Crippen LogP contribution is -2.41. The lowest BCUT2D eigenvalue weighted by molar-refractivity contribution is 0.00578. The molecule has 1 aliphatic heterocycles. The van der Waals surface area contributed by atoms with E-state index >= 15 is 0 Å². The summed E-state index contributed by atoms with van der Waals surface area (Å²) in [7, 11) is -0.699. The molecule has 17 heavy (non-hydrogen) atoms. The van der Waals surface area contributed by atoms with Crippen molar-refractivity contribution in [3.05, 3.63) is 16.3 Å². The molecule has 2 heterocycles. The number of rotatable bonds is 2. The molecule has 1 saturated heterocycles. The minimum atomic E-state index is -2.49. The smallest absolute Gasteiger partial charge is 0.399 e. The van der Waals surface area contributed by atoms with Gasteiger partial charge in [-0.15, -0.1) is 0 Å². The second-order valence-electron chi connectivity index (χ2n) is 5.17. The summed E-state index contributed by atoms with van der Waals surface area (Å²) >= 11 is 1.24. The van der Waals surface area contributed by atoms with Crippen molar-refractivity contribution < 1.29 is 18.1 Å². The Morgan fingerprint density at radius 1 is 1.12 bits per heavy atom. The van der Waals surface area contributed by atoms with Crippen LogP contribution in [-0.2, 0) is 9.31 Å². The van der Waals surface area contributed by atoms with Crippen LogP contribution in [-0.4, -0.2) is 18.3 Å². The number of thiophene rings is 1. The molecular formula is C11H15BF2O2S. The first-order valence-corrected chi connectivity index (χ1v) is 6.39. The van der Waals surface area contributed by atoms with Crippen molar-refractivity contribution in [3.63, 3.8) is 0 Å². The second-order valence-corrected chi connectivity index (χ2v) is 5.91. The molecule has 1 fully saturated rings. The van der Waals surface area contributed by atoms with E-state index in [2.05, 4.69) is 0 Å². The Bertz CT molecular complexity index is 401. The maximum atomic E-state index is 12.8. The van der Waals surface area contributed by atoms with Crippen molar-refractivity contribution in [1.82, 2.24) is 0 Å². The first kappa shape index (κ1) is 13.0. The van der Waals surface area contributed by atoms with Gasteiger partial charge in [0.1, 0.15) is 0 Å². The molecular weight excluding hydrogens is 245 g/mol. The van der Waals surface area contributed by atoms with Crippen molar-refractivity contribution in [2.75, 3.05) is 0 Å². The highest BCUT2D eigenvalue weighted by atomic mass is 32.1. The highest BCUT2D eigenvalue weighted by molar-refractivity contribution is 7.09. The van der Waals surface area contributed by atoms with Gasteiger partial charge in [-0.3, -0.25) is 0 Å². The SMILES string of the molecule is CC1(C)OB(c2cscc2C(F)F)OC1(C)C. The number of halogens is 2. The minimum absolute atomic E-state index is 0.00787. The van der Waals surface area contributed by atoms with E-state index in [4.69, 9.17) is 9.31 Å². The zero-order chi connectivity index (χ0) is 12.8. The second kappa shape index (κ2) is 4.04. The van der Waals surface area contributed by atoms with E-state index in [1.54, 1.807) is 5.38 Å². The van der Waals surface area contributed by atoms with Crippen LogP contribution in [0.2, 0.25) is 0 Å². The molecule has 1 aliphatic rings. The van der Waals surface area contributed by atoms with Crippen molar-refractivity contribution in [1.29, 1.82) is 0 Å². The van der Waals surface area contributed by atoms with Crippen LogP contribution in [0.3, 0.4) is 0 Å². The Morgan fingerprint density at radius 3 is 2.12 bits per heavy atom. The van der Waals surface area contributed by atoms with E-state index in [0.717, 1.165) is 0 Å². The zero-order valence-electron chi connectivity index (χ0n) is 10.3. The van der Waals surface area contributed by atoms with Gasteiger partial charge in [0.05, 0.1) is 11.2 Å². The topological polar surface area (TPSA) is 18.5 Å². The van der Waals surface area contributed by atoms with Crippen LogP contribution in [0.1, 0.15) is 39.7 Å². The van der Waals surface area contributed by atoms with E-state index in [0.29, 0.717) is 5.46 Å².